The van der Waals surface area contributed by atoms with Crippen molar-refractivity contribution in [3.8, 4) is 0 Å². The van der Waals surface area contributed by atoms with E-state index >= 15 is 0 Å². The molecule has 1 N–H and O–H groups in total. The van der Waals surface area contributed by atoms with Crippen molar-refractivity contribution in [2.24, 2.45) is 7.05 Å². The third-order valence-corrected chi connectivity index (χ3v) is 6.70. The highest BCUT2D eigenvalue weighted by Gasteiger charge is 2.37. The molecule has 1 unspecified atom stereocenters. The minimum atomic E-state index is -3.58. The maximum Gasteiger partial charge on any atom is 0.258 e. The zero-order valence-corrected chi connectivity index (χ0v) is 15.9. The summed E-state index contributed by atoms with van der Waals surface area (Å²) in [7, 11) is -1.92. The van der Waals surface area contributed by atoms with Crippen molar-refractivity contribution in [2.75, 3.05) is 13.1 Å². The Labute approximate surface area is 149 Å². The lowest BCUT2D eigenvalue weighted by Gasteiger charge is -2.35. The van der Waals surface area contributed by atoms with Crippen molar-refractivity contribution in [1.29, 1.82) is 0 Å². The number of aromatic nitrogens is 2. The monoisotopic (exact) mass is 362 g/mol. The summed E-state index contributed by atoms with van der Waals surface area (Å²) in [6, 6.07) is 10.3. The van der Waals surface area contributed by atoms with Gasteiger partial charge in [-0.2, -0.15) is 5.10 Å². The number of likely N-dealkylation sites (tertiary alicyclic amines) is 1. The smallest absolute Gasteiger partial charge is 0.258 e. The number of nitrogens with one attached hydrogen (secondary N) is 1. The van der Waals surface area contributed by atoms with Crippen LogP contribution in [-0.4, -0.2) is 41.7 Å². The third kappa shape index (κ3) is 3.78. The Balaban J connectivity index is 1.72. The molecule has 3 rings (SSSR count). The highest BCUT2D eigenvalue weighted by atomic mass is 32.2. The van der Waals surface area contributed by atoms with Crippen LogP contribution >= 0.6 is 0 Å². The summed E-state index contributed by atoms with van der Waals surface area (Å²) < 4.78 is 29.6. The van der Waals surface area contributed by atoms with Gasteiger partial charge in [0.15, 0.2) is 5.03 Å². The maximum absolute atomic E-state index is 12.7. The first kappa shape index (κ1) is 18.1. The fraction of sp³-hybridized carbons (Fsp3) is 0.500. The molecule has 1 atom stereocenters. The quantitative estimate of drug-likeness (QED) is 0.854. The molecule has 0 aliphatic carbocycles. The zero-order valence-electron chi connectivity index (χ0n) is 15.1. The molecule has 6 nitrogen and oxygen atoms in total. The summed E-state index contributed by atoms with van der Waals surface area (Å²) in [6.45, 7) is 6.12. The van der Waals surface area contributed by atoms with Crippen LogP contribution in [0.2, 0.25) is 0 Å². The number of hydrogen-bond acceptors (Lipinski definition) is 4. The fourth-order valence-corrected chi connectivity index (χ4v) is 5.10. The van der Waals surface area contributed by atoms with E-state index in [-0.39, 0.29) is 10.6 Å². The lowest BCUT2D eigenvalue weighted by Crippen LogP contribution is -2.49. The molecule has 136 valence electrons. The van der Waals surface area contributed by atoms with Gasteiger partial charge in [-0.05, 0) is 38.8 Å². The highest BCUT2D eigenvalue weighted by molar-refractivity contribution is 7.89. The van der Waals surface area contributed by atoms with Crippen LogP contribution in [0.4, 0.5) is 0 Å². The predicted octanol–water partition coefficient (Wildman–Crippen LogP) is 2.06. The van der Waals surface area contributed by atoms with Gasteiger partial charge in [-0.15, -0.1) is 0 Å². The first-order valence-electron chi connectivity index (χ1n) is 8.59. The van der Waals surface area contributed by atoms with E-state index in [1.807, 2.05) is 18.2 Å². The van der Waals surface area contributed by atoms with Crippen LogP contribution in [0, 0.1) is 6.92 Å². The van der Waals surface area contributed by atoms with Crippen LogP contribution in [0.25, 0.3) is 0 Å². The average molecular weight is 362 g/mol. The molecular formula is C18H26N4O2S. The SMILES string of the molecule is Cc1cnn(C)c1S(=O)(=O)NCC1(C)CCCN1Cc1ccccc1. The molecule has 0 radical (unpaired) electrons. The van der Waals surface area contributed by atoms with Crippen LogP contribution in [0.1, 0.15) is 30.9 Å². The van der Waals surface area contributed by atoms with E-state index in [2.05, 4.69) is 33.8 Å². The van der Waals surface area contributed by atoms with Crippen molar-refractivity contribution in [3.63, 3.8) is 0 Å². The number of rotatable bonds is 6. The second-order valence-corrected chi connectivity index (χ2v) is 8.77. The Bertz CT molecular complexity index is 813. The Kier molecular flexibility index (Phi) is 4.99. The van der Waals surface area contributed by atoms with Gasteiger partial charge in [0.25, 0.3) is 10.0 Å². The standard InChI is InChI=1S/C18H26N4O2S/c1-15-12-19-21(3)17(15)25(23,24)20-14-18(2)10-7-11-22(18)13-16-8-5-4-6-9-16/h4-6,8-9,12,20H,7,10-11,13-14H2,1-3H3. The minimum Gasteiger partial charge on any atom is -0.292 e. The molecule has 0 saturated carbocycles. The summed E-state index contributed by atoms with van der Waals surface area (Å²) in [5, 5.41) is 4.28. The first-order valence-corrected chi connectivity index (χ1v) is 10.1. The van der Waals surface area contributed by atoms with Crippen LogP contribution < -0.4 is 4.72 Å². The molecule has 1 saturated heterocycles. The van der Waals surface area contributed by atoms with Crippen molar-refractivity contribution in [3.05, 3.63) is 47.7 Å². The van der Waals surface area contributed by atoms with E-state index in [1.165, 1.54) is 10.2 Å². The molecule has 1 fully saturated rings. The van der Waals surface area contributed by atoms with Gasteiger partial charge in [-0.25, -0.2) is 13.1 Å². The molecule has 0 spiro atoms. The van der Waals surface area contributed by atoms with Crippen LogP contribution in [0.15, 0.2) is 41.6 Å². The van der Waals surface area contributed by atoms with E-state index in [0.717, 1.165) is 25.9 Å². The normalized spacial score (nSPS) is 21.7. The fourth-order valence-electron chi connectivity index (χ4n) is 3.59. The summed E-state index contributed by atoms with van der Waals surface area (Å²) >= 11 is 0. The molecule has 0 amide bonds. The Morgan fingerprint density at radius 1 is 1.28 bits per heavy atom. The lowest BCUT2D eigenvalue weighted by atomic mass is 9.99. The summed E-state index contributed by atoms with van der Waals surface area (Å²) in [4.78, 5) is 2.38. The van der Waals surface area contributed by atoms with Crippen molar-refractivity contribution in [1.82, 2.24) is 19.4 Å². The summed E-state index contributed by atoms with van der Waals surface area (Å²) in [5.41, 5.74) is 1.73. The van der Waals surface area contributed by atoms with Crippen LogP contribution in [-0.2, 0) is 23.6 Å². The predicted molar refractivity (Wildman–Crippen MR) is 97.6 cm³/mol. The highest BCUT2D eigenvalue weighted by Crippen LogP contribution is 2.30. The molecule has 2 heterocycles. The van der Waals surface area contributed by atoms with Gasteiger partial charge >= 0.3 is 0 Å². The summed E-state index contributed by atoms with van der Waals surface area (Å²) in [6.07, 6.45) is 3.63. The minimum absolute atomic E-state index is 0.185. The van der Waals surface area contributed by atoms with Gasteiger partial charge in [0.1, 0.15) is 0 Å². The molecule has 2 aromatic rings. The Morgan fingerprint density at radius 2 is 2.00 bits per heavy atom. The number of nitrogens with zero attached hydrogens (tertiary/aromatic N) is 3. The summed E-state index contributed by atoms with van der Waals surface area (Å²) in [5.74, 6) is 0. The Hall–Kier alpha value is -1.70. The van der Waals surface area contributed by atoms with Gasteiger partial charge in [-0.3, -0.25) is 9.58 Å². The van der Waals surface area contributed by atoms with Gasteiger partial charge < -0.3 is 0 Å². The Morgan fingerprint density at radius 3 is 2.64 bits per heavy atom. The maximum atomic E-state index is 12.7. The first-order chi connectivity index (χ1) is 11.8. The average Bonchev–Trinajstić information content (AvgIpc) is 3.10. The van der Waals surface area contributed by atoms with E-state index < -0.39 is 10.0 Å². The molecule has 1 aromatic carbocycles. The van der Waals surface area contributed by atoms with E-state index in [1.54, 1.807) is 20.2 Å². The van der Waals surface area contributed by atoms with Gasteiger partial charge in [0.2, 0.25) is 0 Å². The second kappa shape index (κ2) is 6.90. The van der Waals surface area contributed by atoms with Crippen molar-refractivity contribution < 1.29 is 8.42 Å². The molecule has 25 heavy (non-hydrogen) atoms. The molecule has 7 heteroatoms. The van der Waals surface area contributed by atoms with Crippen molar-refractivity contribution in [2.45, 2.75) is 43.8 Å². The molecule has 1 aromatic heterocycles. The number of hydrogen-bond donors (Lipinski definition) is 1. The second-order valence-electron chi connectivity index (χ2n) is 7.09. The zero-order chi connectivity index (χ0) is 18.1. The van der Waals surface area contributed by atoms with Crippen molar-refractivity contribution >= 4 is 10.0 Å². The molecule has 1 aliphatic rings. The van der Waals surface area contributed by atoms with Crippen LogP contribution in [0.5, 0.6) is 0 Å². The lowest BCUT2D eigenvalue weighted by molar-refractivity contribution is 0.151. The topological polar surface area (TPSA) is 67.2 Å². The third-order valence-electron chi connectivity index (χ3n) is 5.08. The van der Waals surface area contributed by atoms with Gasteiger partial charge in [-0.1, -0.05) is 30.3 Å². The number of aryl methyl sites for hydroxylation is 2. The van der Waals surface area contributed by atoms with Gasteiger partial charge in [0.05, 0.1) is 6.20 Å². The number of benzene rings is 1. The van der Waals surface area contributed by atoms with E-state index in [4.69, 9.17) is 0 Å². The number of sulfonamides is 1. The van der Waals surface area contributed by atoms with Gasteiger partial charge in [0, 0.05) is 31.2 Å². The molecule has 0 bridgehead atoms. The molecule has 1 aliphatic heterocycles. The van der Waals surface area contributed by atoms with E-state index in [9.17, 15) is 8.42 Å². The van der Waals surface area contributed by atoms with E-state index in [0.29, 0.717) is 12.1 Å². The van der Waals surface area contributed by atoms with Crippen LogP contribution in [0.3, 0.4) is 0 Å². The molecular weight excluding hydrogens is 336 g/mol. The largest absolute Gasteiger partial charge is 0.292 e.